The van der Waals surface area contributed by atoms with Crippen molar-refractivity contribution in [3.63, 3.8) is 0 Å². The monoisotopic (exact) mass is 152 g/mol. The van der Waals surface area contributed by atoms with Crippen LogP contribution in [0.25, 0.3) is 0 Å². The number of rotatable bonds is 1. The van der Waals surface area contributed by atoms with Gasteiger partial charge in [0.25, 0.3) is 0 Å². The molecule has 0 radical (unpaired) electrons. The van der Waals surface area contributed by atoms with Crippen molar-refractivity contribution < 1.29 is 4.74 Å². The summed E-state index contributed by atoms with van der Waals surface area (Å²) in [5.74, 6) is 0. The van der Waals surface area contributed by atoms with Gasteiger partial charge in [0.05, 0.1) is 5.55 Å². The maximum atomic E-state index is 5.60. The number of ether oxygens (including phenoxy) is 1. The molecule has 46 valence electrons. The molecule has 0 saturated carbocycles. The van der Waals surface area contributed by atoms with Crippen molar-refractivity contribution in [2.45, 2.75) is 5.31 Å². The van der Waals surface area contributed by atoms with Gasteiger partial charge in [-0.25, -0.2) is 4.99 Å². The molecule has 1 unspecified atom stereocenters. The molecule has 0 aliphatic carbocycles. The molecule has 8 heavy (non-hydrogen) atoms. The molecule has 1 aliphatic rings. The van der Waals surface area contributed by atoms with Gasteiger partial charge in [-0.15, -0.1) is 0 Å². The molecule has 0 fully saturated rings. The molecule has 1 N–H and O–H groups in total. The lowest BCUT2D eigenvalue weighted by Crippen LogP contribution is -2.30. The quantitative estimate of drug-likeness (QED) is 0.342. The minimum Gasteiger partial charge on any atom is -0.331 e. The molecule has 0 aromatic carbocycles. The second kappa shape index (κ2) is 2.23. The standard InChI is InChI=1S/C3H5ClN2OS/c1-7-3(4)5-2-8-6-3/h2,6H,1H3. The summed E-state index contributed by atoms with van der Waals surface area (Å²) in [7, 11) is 1.49. The lowest BCUT2D eigenvalue weighted by atomic mass is 11.0. The molecular formula is C3H5ClN2OS. The Morgan fingerprint density at radius 2 is 2.75 bits per heavy atom. The molecule has 0 aromatic heterocycles. The second-order valence-corrected chi connectivity index (χ2v) is 2.38. The number of nitrogens with zero attached hydrogens (tertiary/aromatic N) is 1. The van der Waals surface area contributed by atoms with Crippen molar-refractivity contribution in [3.05, 3.63) is 0 Å². The Kier molecular flexibility index (Phi) is 1.77. The second-order valence-electron chi connectivity index (χ2n) is 1.22. The Morgan fingerprint density at radius 1 is 2.00 bits per heavy atom. The lowest BCUT2D eigenvalue weighted by molar-refractivity contribution is 0.0680. The molecule has 5 heteroatoms. The van der Waals surface area contributed by atoms with Gasteiger partial charge in [-0.1, -0.05) is 0 Å². The topological polar surface area (TPSA) is 33.6 Å². The molecule has 3 nitrogen and oxygen atoms in total. The van der Waals surface area contributed by atoms with Crippen LogP contribution < -0.4 is 4.72 Å². The van der Waals surface area contributed by atoms with Gasteiger partial charge < -0.3 is 4.74 Å². The molecule has 0 spiro atoms. The Hall–Kier alpha value is 0.230. The largest absolute Gasteiger partial charge is 0.331 e. The number of aliphatic imine (C=N–C) groups is 1. The van der Waals surface area contributed by atoms with Gasteiger partial charge in [-0.05, 0) is 23.5 Å². The molecule has 1 heterocycles. The van der Waals surface area contributed by atoms with E-state index < -0.39 is 5.31 Å². The van der Waals surface area contributed by atoms with Gasteiger partial charge in [-0.2, -0.15) is 4.72 Å². The first-order valence-corrected chi connectivity index (χ1v) is 3.23. The Bertz CT molecular complexity index is 120. The summed E-state index contributed by atoms with van der Waals surface area (Å²) in [5.41, 5.74) is 1.59. The van der Waals surface area contributed by atoms with E-state index in [1.807, 2.05) is 0 Å². The van der Waals surface area contributed by atoms with E-state index in [1.54, 1.807) is 5.55 Å². The average molecular weight is 153 g/mol. The van der Waals surface area contributed by atoms with Gasteiger partial charge in [-0.3, -0.25) is 0 Å². The smallest absolute Gasteiger partial charge is 0.307 e. The van der Waals surface area contributed by atoms with Crippen molar-refractivity contribution in [3.8, 4) is 0 Å². The summed E-state index contributed by atoms with van der Waals surface area (Å²) in [4.78, 5) is 3.76. The number of nitrogens with one attached hydrogen (secondary N) is 1. The zero-order valence-electron chi connectivity index (χ0n) is 4.22. The first-order chi connectivity index (χ1) is 3.77. The van der Waals surface area contributed by atoms with Crippen LogP contribution in [-0.4, -0.2) is 18.0 Å². The highest BCUT2D eigenvalue weighted by molar-refractivity contribution is 8.10. The van der Waals surface area contributed by atoms with Crippen LogP contribution in [-0.2, 0) is 4.74 Å². The highest BCUT2D eigenvalue weighted by Gasteiger charge is 2.27. The van der Waals surface area contributed by atoms with Crippen molar-refractivity contribution in [2.75, 3.05) is 7.11 Å². The van der Waals surface area contributed by atoms with Crippen LogP contribution in [0, 0.1) is 0 Å². The van der Waals surface area contributed by atoms with Crippen LogP contribution in [0.4, 0.5) is 0 Å². The number of alkyl halides is 1. The highest BCUT2D eigenvalue weighted by atomic mass is 35.5. The predicted molar refractivity (Wildman–Crippen MR) is 34.8 cm³/mol. The molecule has 0 bridgehead atoms. The Morgan fingerprint density at radius 3 is 3.00 bits per heavy atom. The van der Waals surface area contributed by atoms with Gasteiger partial charge in [0, 0.05) is 7.11 Å². The van der Waals surface area contributed by atoms with E-state index in [0.29, 0.717) is 0 Å². The van der Waals surface area contributed by atoms with Crippen LogP contribution in [0.15, 0.2) is 4.99 Å². The van der Waals surface area contributed by atoms with Gasteiger partial charge >= 0.3 is 5.31 Å². The first-order valence-electron chi connectivity index (χ1n) is 1.97. The zero-order chi connectivity index (χ0) is 6.04. The predicted octanol–water partition coefficient (Wildman–Crippen LogP) is 0.763. The maximum absolute atomic E-state index is 5.60. The van der Waals surface area contributed by atoms with Crippen LogP contribution in [0.3, 0.4) is 0 Å². The van der Waals surface area contributed by atoms with E-state index in [-0.39, 0.29) is 0 Å². The summed E-state index contributed by atoms with van der Waals surface area (Å²) >= 11 is 6.91. The van der Waals surface area contributed by atoms with E-state index in [9.17, 15) is 0 Å². The third-order valence-corrected chi connectivity index (χ3v) is 1.79. The summed E-state index contributed by atoms with van der Waals surface area (Å²) in [6, 6.07) is 0. The lowest BCUT2D eigenvalue weighted by Gasteiger charge is -2.13. The minimum absolute atomic E-state index is 1.01. The van der Waals surface area contributed by atoms with Crippen LogP contribution >= 0.6 is 23.5 Å². The molecule has 1 aliphatic heterocycles. The maximum Gasteiger partial charge on any atom is 0.307 e. The Labute approximate surface area is 56.6 Å². The fraction of sp³-hybridized carbons (Fsp3) is 0.667. The molecule has 0 amide bonds. The van der Waals surface area contributed by atoms with Crippen LogP contribution in [0.2, 0.25) is 0 Å². The highest BCUT2D eigenvalue weighted by Crippen LogP contribution is 2.21. The number of hydrogen-bond acceptors (Lipinski definition) is 4. The summed E-state index contributed by atoms with van der Waals surface area (Å²) in [6.07, 6.45) is 0. The van der Waals surface area contributed by atoms with Gasteiger partial charge in [0.15, 0.2) is 0 Å². The molecule has 0 aromatic rings. The van der Waals surface area contributed by atoms with Gasteiger partial charge in [0.1, 0.15) is 0 Å². The zero-order valence-corrected chi connectivity index (χ0v) is 5.79. The minimum atomic E-state index is -1.01. The van der Waals surface area contributed by atoms with E-state index in [2.05, 4.69) is 9.71 Å². The third-order valence-electron chi connectivity index (χ3n) is 0.727. The summed E-state index contributed by atoms with van der Waals surface area (Å²) in [6.45, 7) is 0. The summed E-state index contributed by atoms with van der Waals surface area (Å²) in [5, 5.41) is -1.01. The fourth-order valence-electron chi connectivity index (χ4n) is 0.314. The van der Waals surface area contributed by atoms with Gasteiger partial charge in [0.2, 0.25) is 0 Å². The SMILES string of the molecule is COC1(Cl)N=CSN1. The van der Waals surface area contributed by atoms with Crippen molar-refractivity contribution in [1.82, 2.24) is 4.72 Å². The first kappa shape index (κ1) is 6.35. The molecule has 0 saturated heterocycles. The summed E-state index contributed by atoms with van der Waals surface area (Å²) < 4.78 is 7.45. The average Bonchev–Trinajstić information content (AvgIpc) is 2.17. The number of halogens is 1. The van der Waals surface area contributed by atoms with Crippen molar-refractivity contribution in [2.24, 2.45) is 4.99 Å². The molecule has 1 rings (SSSR count). The van der Waals surface area contributed by atoms with E-state index >= 15 is 0 Å². The van der Waals surface area contributed by atoms with Crippen LogP contribution in [0.1, 0.15) is 0 Å². The van der Waals surface area contributed by atoms with Crippen molar-refractivity contribution >= 4 is 29.1 Å². The number of methoxy groups -OCH3 is 1. The van der Waals surface area contributed by atoms with E-state index in [1.165, 1.54) is 19.1 Å². The molecule has 1 atom stereocenters. The Balaban J connectivity index is 2.54. The van der Waals surface area contributed by atoms with Crippen LogP contribution in [0.5, 0.6) is 0 Å². The number of hydrogen-bond donors (Lipinski definition) is 1. The van der Waals surface area contributed by atoms with Crippen molar-refractivity contribution in [1.29, 1.82) is 0 Å². The van der Waals surface area contributed by atoms with E-state index in [4.69, 9.17) is 16.3 Å². The fourth-order valence-corrected chi connectivity index (χ4v) is 1.09. The third kappa shape index (κ3) is 1.14. The van der Waals surface area contributed by atoms with E-state index in [0.717, 1.165) is 0 Å². The molecular weight excluding hydrogens is 148 g/mol. The normalized spacial score (nSPS) is 36.2.